The van der Waals surface area contributed by atoms with Crippen molar-refractivity contribution in [2.24, 2.45) is 0 Å². The molecule has 2 saturated carbocycles. The van der Waals surface area contributed by atoms with Crippen molar-refractivity contribution in [2.45, 2.75) is 127 Å². The summed E-state index contributed by atoms with van der Waals surface area (Å²) in [5.41, 5.74) is 0. The normalized spacial score (nSPS) is 38.9. The molecule has 2 aliphatic carbocycles. The minimum atomic E-state index is -0.937. The molecule has 0 spiro atoms. The Morgan fingerprint density at radius 2 is 1.75 bits per heavy atom. The predicted molar refractivity (Wildman–Crippen MR) is 93.7 cm³/mol. The Morgan fingerprint density at radius 3 is 2.46 bits per heavy atom. The van der Waals surface area contributed by atoms with Gasteiger partial charge in [-0.1, -0.05) is 33.1 Å². The van der Waals surface area contributed by atoms with Gasteiger partial charge in [-0.2, -0.15) is 0 Å². The molecule has 0 bridgehead atoms. The van der Waals surface area contributed by atoms with Crippen LogP contribution in [0.1, 0.15) is 97.3 Å². The topological polar surface area (TPSA) is 47.9 Å². The lowest BCUT2D eigenvalue weighted by molar-refractivity contribution is -0.272. The summed E-state index contributed by atoms with van der Waals surface area (Å²) >= 11 is 0. The number of hydrogen-bond donors (Lipinski definition) is 1. The van der Waals surface area contributed by atoms with Crippen LogP contribution in [0.25, 0.3) is 0 Å². The van der Waals surface area contributed by atoms with Crippen LogP contribution < -0.4 is 0 Å². The molecule has 1 saturated heterocycles. The molecule has 4 heteroatoms. The Kier molecular flexibility index (Phi) is 6.23. The van der Waals surface area contributed by atoms with Gasteiger partial charge in [0, 0.05) is 25.7 Å². The summed E-state index contributed by atoms with van der Waals surface area (Å²) in [7, 11) is 0. The van der Waals surface area contributed by atoms with Crippen LogP contribution in [-0.4, -0.2) is 35.0 Å². The Bertz CT molecular complexity index is 393. The van der Waals surface area contributed by atoms with E-state index >= 15 is 0 Å². The van der Waals surface area contributed by atoms with Crippen LogP contribution in [0.5, 0.6) is 0 Å². The lowest BCUT2D eigenvalue weighted by Crippen LogP contribution is -2.47. The average Bonchev–Trinajstić information content (AvgIpc) is 2.93. The molecule has 1 heterocycles. The summed E-state index contributed by atoms with van der Waals surface area (Å²) in [5.74, 6) is -1.35. The van der Waals surface area contributed by atoms with Gasteiger partial charge in [0.25, 0.3) is 0 Å². The van der Waals surface area contributed by atoms with Crippen molar-refractivity contribution in [3.63, 3.8) is 0 Å². The fraction of sp³-hybridized carbons (Fsp3) is 1.00. The van der Waals surface area contributed by atoms with E-state index in [1.165, 1.54) is 6.42 Å². The van der Waals surface area contributed by atoms with E-state index in [0.717, 1.165) is 77.0 Å². The van der Waals surface area contributed by atoms with Crippen LogP contribution in [0, 0.1) is 0 Å². The van der Waals surface area contributed by atoms with Crippen LogP contribution in [-0.2, 0) is 14.2 Å². The third kappa shape index (κ3) is 4.14. The molecule has 4 atom stereocenters. The Hall–Kier alpha value is -0.160. The zero-order valence-corrected chi connectivity index (χ0v) is 15.6. The molecule has 4 unspecified atom stereocenters. The maximum absolute atomic E-state index is 10.8. The van der Waals surface area contributed by atoms with Gasteiger partial charge >= 0.3 is 0 Å². The Labute approximate surface area is 147 Å². The minimum Gasteiger partial charge on any atom is -0.365 e. The molecule has 0 aromatic carbocycles. The highest BCUT2D eigenvalue weighted by molar-refractivity contribution is 4.94. The highest BCUT2D eigenvalue weighted by Gasteiger charge is 2.52. The van der Waals surface area contributed by atoms with Gasteiger partial charge in [-0.15, -0.1) is 0 Å². The van der Waals surface area contributed by atoms with Gasteiger partial charge in [-0.05, 0) is 38.5 Å². The predicted octanol–water partition coefficient (Wildman–Crippen LogP) is 4.68. The monoisotopic (exact) mass is 340 g/mol. The highest BCUT2D eigenvalue weighted by Crippen LogP contribution is 2.44. The summed E-state index contributed by atoms with van der Waals surface area (Å²) in [6, 6.07) is 0. The van der Waals surface area contributed by atoms with Crippen LogP contribution in [0.15, 0.2) is 0 Å². The SMILES string of the molecule is CCCCC1(CCC)OC2CCCC(OC3(O)CCCCC3)C2O1. The molecule has 3 aliphatic rings. The molecule has 4 nitrogen and oxygen atoms in total. The van der Waals surface area contributed by atoms with Gasteiger partial charge in [0.05, 0.1) is 12.2 Å². The number of hydrogen-bond acceptors (Lipinski definition) is 4. The third-order valence-corrected chi connectivity index (χ3v) is 5.97. The fourth-order valence-electron chi connectivity index (χ4n) is 4.74. The molecular weight excluding hydrogens is 304 g/mol. The molecule has 24 heavy (non-hydrogen) atoms. The van der Waals surface area contributed by atoms with E-state index in [4.69, 9.17) is 14.2 Å². The van der Waals surface area contributed by atoms with Gasteiger partial charge in [0.15, 0.2) is 11.6 Å². The van der Waals surface area contributed by atoms with Gasteiger partial charge < -0.3 is 19.3 Å². The summed E-state index contributed by atoms with van der Waals surface area (Å²) in [4.78, 5) is 0. The first-order valence-electron chi connectivity index (χ1n) is 10.4. The van der Waals surface area contributed by atoms with Crippen molar-refractivity contribution in [1.82, 2.24) is 0 Å². The molecule has 1 aliphatic heterocycles. The van der Waals surface area contributed by atoms with E-state index in [9.17, 15) is 5.11 Å². The second-order valence-electron chi connectivity index (χ2n) is 8.10. The van der Waals surface area contributed by atoms with Crippen molar-refractivity contribution < 1.29 is 19.3 Å². The van der Waals surface area contributed by atoms with Gasteiger partial charge in [0.2, 0.25) is 0 Å². The average molecular weight is 341 g/mol. The lowest BCUT2D eigenvalue weighted by Gasteiger charge is -2.40. The summed E-state index contributed by atoms with van der Waals surface area (Å²) in [6.07, 6.45) is 13.4. The zero-order chi connectivity index (χ0) is 17.0. The molecule has 140 valence electrons. The third-order valence-electron chi connectivity index (χ3n) is 5.97. The summed E-state index contributed by atoms with van der Waals surface area (Å²) < 4.78 is 19.3. The van der Waals surface area contributed by atoms with Crippen molar-refractivity contribution in [2.75, 3.05) is 0 Å². The first kappa shape index (κ1) is 18.6. The van der Waals surface area contributed by atoms with E-state index in [1.54, 1.807) is 0 Å². The fourth-order valence-corrected chi connectivity index (χ4v) is 4.74. The Morgan fingerprint density at radius 1 is 0.958 bits per heavy atom. The van der Waals surface area contributed by atoms with Crippen LogP contribution in [0.2, 0.25) is 0 Å². The van der Waals surface area contributed by atoms with Crippen molar-refractivity contribution in [3.8, 4) is 0 Å². The standard InChI is InChI=1S/C20H36O4/c1-3-5-15-20(12-4-2)23-17-11-9-10-16(18(17)24-20)22-19(21)13-7-6-8-14-19/h16-18,21H,3-15H2,1-2H3. The van der Waals surface area contributed by atoms with E-state index in [1.807, 2.05) is 0 Å². The van der Waals surface area contributed by atoms with Crippen LogP contribution >= 0.6 is 0 Å². The molecule has 1 N–H and O–H groups in total. The number of fused-ring (bicyclic) bond motifs is 1. The second kappa shape index (κ2) is 8.03. The lowest BCUT2D eigenvalue weighted by atomic mass is 9.90. The van der Waals surface area contributed by atoms with E-state index in [-0.39, 0.29) is 18.3 Å². The maximum atomic E-state index is 10.8. The van der Waals surface area contributed by atoms with E-state index < -0.39 is 11.6 Å². The van der Waals surface area contributed by atoms with Crippen molar-refractivity contribution >= 4 is 0 Å². The molecule has 3 fully saturated rings. The maximum Gasteiger partial charge on any atom is 0.169 e. The molecule has 0 aromatic heterocycles. The number of rotatable bonds is 7. The number of unbranched alkanes of at least 4 members (excludes halogenated alkanes) is 1. The second-order valence-corrected chi connectivity index (χ2v) is 8.10. The smallest absolute Gasteiger partial charge is 0.169 e. The van der Waals surface area contributed by atoms with Gasteiger partial charge in [-0.25, -0.2) is 0 Å². The molecule has 0 amide bonds. The zero-order valence-electron chi connectivity index (χ0n) is 15.6. The van der Waals surface area contributed by atoms with Crippen LogP contribution in [0.4, 0.5) is 0 Å². The molecule has 3 rings (SSSR count). The van der Waals surface area contributed by atoms with Crippen molar-refractivity contribution in [1.29, 1.82) is 0 Å². The molecular formula is C20H36O4. The van der Waals surface area contributed by atoms with E-state index in [2.05, 4.69) is 13.8 Å². The minimum absolute atomic E-state index is 0.00638. The molecule has 0 radical (unpaired) electrons. The quantitative estimate of drug-likeness (QED) is 0.684. The van der Waals surface area contributed by atoms with Crippen LogP contribution in [0.3, 0.4) is 0 Å². The molecule has 0 aromatic rings. The number of aliphatic hydroxyl groups is 1. The van der Waals surface area contributed by atoms with Gasteiger partial charge in [0.1, 0.15) is 6.10 Å². The summed E-state index contributed by atoms with van der Waals surface area (Å²) in [5, 5.41) is 10.8. The first-order valence-corrected chi connectivity index (χ1v) is 10.4. The first-order chi connectivity index (χ1) is 11.6. The van der Waals surface area contributed by atoms with E-state index in [0.29, 0.717) is 0 Å². The summed E-state index contributed by atoms with van der Waals surface area (Å²) in [6.45, 7) is 4.41. The van der Waals surface area contributed by atoms with Crippen molar-refractivity contribution in [3.05, 3.63) is 0 Å². The Balaban J connectivity index is 1.67. The number of ether oxygens (including phenoxy) is 3. The largest absolute Gasteiger partial charge is 0.365 e. The van der Waals surface area contributed by atoms with Gasteiger partial charge in [-0.3, -0.25) is 0 Å². The highest BCUT2D eigenvalue weighted by atomic mass is 16.8.